The number of rotatable bonds is 6. The van der Waals surface area contributed by atoms with Crippen molar-refractivity contribution in [2.45, 2.75) is 24.8 Å². The highest BCUT2D eigenvalue weighted by Crippen LogP contribution is 2.27. The molecule has 3 N–H and O–H groups in total. The molecule has 0 aliphatic carbocycles. The summed E-state index contributed by atoms with van der Waals surface area (Å²) >= 11 is 1.71. The fraction of sp³-hybridized carbons (Fsp3) is 0.333. The van der Waals surface area contributed by atoms with Crippen LogP contribution in [0.25, 0.3) is 10.8 Å². The Morgan fingerprint density at radius 3 is 2.52 bits per heavy atom. The van der Waals surface area contributed by atoms with Crippen LogP contribution in [0.1, 0.15) is 13.8 Å². The van der Waals surface area contributed by atoms with E-state index in [2.05, 4.69) is 11.6 Å². The lowest BCUT2D eigenvalue weighted by atomic mass is 10.1. The molecule has 2 aromatic carbocycles. The van der Waals surface area contributed by atoms with Crippen molar-refractivity contribution in [2.75, 3.05) is 17.2 Å². The van der Waals surface area contributed by atoms with E-state index >= 15 is 0 Å². The second kappa shape index (κ2) is 6.68. The van der Waals surface area contributed by atoms with Crippen molar-refractivity contribution in [3.8, 4) is 0 Å². The van der Waals surface area contributed by atoms with Crippen LogP contribution in [0.3, 0.4) is 0 Å². The van der Waals surface area contributed by atoms with E-state index in [4.69, 9.17) is 5.73 Å². The molecule has 114 valence electrons. The third kappa shape index (κ3) is 3.70. The SMILES string of the molecule is CCSCC(C)NS(=O)(=O)c1ccc(N)c2ccccc12. The van der Waals surface area contributed by atoms with Gasteiger partial charge in [0.05, 0.1) is 4.90 Å². The number of benzene rings is 2. The maximum absolute atomic E-state index is 12.6. The fourth-order valence-corrected chi connectivity index (χ4v) is 4.42. The molecule has 0 amide bonds. The van der Waals surface area contributed by atoms with Crippen molar-refractivity contribution in [3.63, 3.8) is 0 Å². The summed E-state index contributed by atoms with van der Waals surface area (Å²) in [5, 5.41) is 1.41. The maximum atomic E-state index is 12.6. The van der Waals surface area contributed by atoms with Gasteiger partial charge in [-0.25, -0.2) is 13.1 Å². The number of nitrogen functional groups attached to an aromatic ring is 1. The van der Waals surface area contributed by atoms with Crippen molar-refractivity contribution >= 4 is 38.2 Å². The van der Waals surface area contributed by atoms with Crippen LogP contribution in [0.2, 0.25) is 0 Å². The van der Waals surface area contributed by atoms with E-state index in [1.807, 2.05) is 25.1 Å². The third-order valence-corrected chi connectivity index (χ3v) is 5.93. The smallest absolute Gasteiger partial charge is 0.241 e. The molecule has 6 heteroatoms. The lowest BCUT2D eigenvalue weighted by Crippen LogP contribution is -2.34. The zero-order chi connectivity index (χ0) is 15.5. The summed E-state index contributed by atoms with van der Waals surface area (Å²) in [5.41, 5.74) is 6.50. The largest absolute Gasteiger partial charge is 0.398 e. The molecule has 0 aliphatic rings. The first-order valence-corrected chi connectivity index (χ1v) is 9.46. The van der Waals surface area contributed by atoms with Crippen LogP contribution in [0.4, 0.5) is 5.69 Å². The number of nitrogens with two attached hydrogens (primary N) is 1. The first kappa shape index (κ1) is 16.1. The van der Waals surface area contributed by atoms with E-state index in [1.165, 1.54) is 0 Å². The van der Waals surface area contributed by atoms with Crippen molar-refractivity contribution in [2.24, 2.45) is 0 Å². The topological polar surface area (TPSA) is 72.2 Å². The molecule has 0 bridgehead atoms. The molecular weight excluding hydrogens is 304 g/mol. The van der Waals surface area contributed by atoms with Crippen LogP contribution < -0.4 is 10.5 Å². The van der Waals surface area contributed by atoms with Crippen molar-refractivity contribution in [3.05, 3.63) is 36.4 Å². The zero-order valence-corrected chi connectivity index (χ0v) is 13.8. The second-order valence-corrected chi connectivity index (χ2v) is 7.88. The monoisotopic (exact) mass is 324 g/mol. The van der Waals surface area contributed by atoms with Crippen LogP contribution in [0, 0.1) is 0 Å². The van der Waals surface area contributed by atoms with E-state index in [0.29, 0.717) is 11.1 Å². The minimum atomic E-state index is -3.55. The number of thioether (sulfide) groups is 1. The summed E-state index contributed by atoms with van der Waals surface area (Å²) in [6.45, 7) is 3.93. The Labute approximate surface area is 130 Å². The van der Waals surface area contributed by atoms with Crippen LogP contribution in [-0.4, -0.2) is 26.0 Å². The minimum Gasteiger partial charge on any atom is -0.398 e. The summed E-state index contributed by atoms with van der Waals surface area (Å²) in [6.07, 6.45) is 0. The number of sulfonamides is 1. The van der Waals surface area contributed by atoms with E-state index in [0.717, 1.165) is 16.9 Å². The number of fused-ring (bicyclic) bond motifs is 1. The zero-order valence-electron chi connectivity index (χ0n) is 12.2. The minimum absolute atomic E-state index is 0.115. The van der Waals surface area contributed by atoms with Gasteiger partial charge in [-0.2, -0.15) is 11.8 Å². The first-order chi connectivity index (χ1) is 9.95. The Hall–Kier alpha value is -1.24. The van der Waals surface area contributed by atoms with Gasteiger partial charge in [-0.1, -0.05) is 31.2 Å². The highest BCUT2D eigenvalue weighted by molar-refractivity contribution is 7.99. The Bertz CT molecular complexity index is 730. The predicted molar refractivity (Wildman–Crippen MR) is 91.1 cm³/mol. The second-order valence-electron chi connectivity index (χ2n) is 4.88. The van der Waals surface area contributed by atoms with Gasteiger partial charge in [-0.3, -0.25) is 0 Å². The molecule has 21 heavy (non-hydrogen) atoms. The molecule has 0 heterocycles. The molecule has 0 radical (unpaired) electrons. The van der Waals surface area contributed by atoms with E-state index in [1.54, 1.807) is 30.0 Å². The van der Waals surface area contributed by atoms with Crippen molar-refractivity contribution < 1.29 is 8.42 Å². The van der Waals surface area contributed by atoms with Gasteiger partial charge in [0, 0.05) is 28.3 Å². The van der Waals surface area contributed by atoms with E-state index < -0.39 is 10.0 Å². The van der Waals surface area contributed by atoms with Gasteiger partial charge in [-0.15, -0.1) is 0 Å². The van der Waals surface area contributed by atoms with Gasteiger partial charge in [-0.05, 0) is 24.8 Å². The Kier molecular flexibility index (Phi) is 5.13. The Morgan fingerprint density at radius 2 is 1.86 bits per heavy atom. The summed E-state index contributed by atoms with van der Waals surface area (Å²) in [6, 6.07) is 10.4. The van der Waals surface area contributed by atoms with E-state index in [-0.39, 0.29) is 10.9 Å². The van der Waals surface area contributed by atoms with Crippen LogP contribution in [-0.2, 0) is 10.0 Å². The predicted octanol–water partition coefficient (Wildman–Crippen LogP) is 2.84. The standard InChI is InChI=1S/C15H20N2O2S2/c1-3-20-10-11(2)17-21(18,19)15-9-8-14(16)12-6-4-5-7-13(12)15/h4-9,11,17H,3,10,16H2,1-2H3. The quantitative estimate of drug-likeness (QED) is 0.802. The first-order valence-electron chi connectivity index (χ1n) is 6.83. The van der Waals surface area contributed by atoms with Gasteiger partial charge in [0.2, 0.25) is 10.0 Å². The summed E-state index contributed by atoms with van der Waals surface area (Å²) in [7, 11) is -3.55. The molecule has 2 rings (SSSR count). The average Bonchev–Trinajstić information content (AvgIpc) is 2.45. The van der Waals surface area contributed by atoms with Crippen molar-refractivity contribution in [1.29, 1.82) is 0 Å². The number of anilines is 1. The molecule has 1 atom stereocenters. The fourth-order valence-electron chi connectivity index (χ4n) is 2.19. The lowest BCUT2D eigenvalue weighted by Gasteiger charge is -2.15. The van der Waals surface area contributed by atoms with Gasteiger partial charge in [0.25, 0.3) is 0 Å². The van der Waals surface area contributed by atoms with Crippen LogP contribution in [0.15, 0.2) is 41.3 Å². The molecule has 2 aromatic rings. The molecule has 0 spiro atoms. The maximum Gasteiger partial charge on any atom is 0.241 e. The van der Waals surface area contributed by atoms with Crippen LogP contribution >= 0.6 is 11.8 Å². The molecular formula is C15H20N2O2S2. The molecule has 0 saturated heterocycles. The van der Waals surface area contributed by atoms with Crippen molar-refractivity contribution in [1.82, 2.24) is 4.72 Å². The van der Waals surface area contributed by atoms with Gasteiger partial charge in [0.1, 0.15) is 0 Å². The highest BCUT2D eigenvalue weighted by Gasteiger charge is 2.20. The van der Waals surface area contributed by atoms with Gasteiger partial charge >= 0.3 is 0 Å². The summed E-state index contributed by atoms with van der Waals surface area (Å²) in [5.74, 6) is 1.72. The number of hydrogen-bond donors (Lipinski definition) is 2. The molecule has 0 fully saturated rings. The van der Waals surface area contributed by atoms with Gasteiger partial charge < -0.3 is 5.73 Å². The third-order valence-electron chi connectivity index (χ3n) is 3.14. The summed E-state index contributed by atoms with van der Waals surface area (Å²) in [4.78, 5) is 0.278. The number of hydrogen-bond acceptors (Lipinski definition) is 4. The van der Waals surface area contributed by atoms with Gasteiger partial charge in [0.15, 0.2) is 0 Å². The molecule has 0 aromatic heterocycles. The normalized spacial score (nSPS) is 13.4. The highest BCUT2D eigenvalue weighted by atomic mass is 32.2. The average molecular weight is 324 g/mol. The molecule has 4 nitrogen and oxygen atoms in total. The lowest BCUT2D eigenvalue weighted by molar-refractivity contribution is 0.572. The van der Waals surface area contributed by atoms with E-state index in [9.17, 15) is 8.42 Å². The molecule has 0 saturated carbocycles. The number of nitrogens with one attached hydrogen (secondary N) is 1. The summed E-state index contributed by atoms with van der Waals surface area (Å²) < 4.78 is 27.9. The Morgan fingerprint density at radius 1 is 1.19 bits per heavy atom. The Balaban J connectivity index is 2.39. The molecule has 0 aliphatic heterocycles. The molecule has 1 unspecified atom stereocenters. The van der Waals surface area contributed by atoms with Crippen LogP contribution in [0.5, 0.6) is 0 Å².